The minimum atomic E-state index is -0.134. The molecule has 0 bridgehead atoms. The van der Waals surface area contributed by atoms with E-state index < -0.39 is 0 Å². The monoisotopic (exact) mass is 397 g/mol. The molecule has 1 aromatic heterocycles. The van der Waals surface area contributed by atoms with Crippen LogP contribution in [0.5, 0.6) is 5.75 Å². The first-order valence-electron chi connectivity index (χ1n) is 8.81. The smallest absolute Gasteiger partial charge is 0.234 e. The summed E-state index contributed by atoms with van der Waals surface area (Å²) in [6.45, 7) is 6.22. The van der Waals surface area contributed by atoms with E-state index in [0.717, 1.165) is 22.6 Å². The van der Waals surface area contributed by atoms with E-state index >= 15 is 0 Å². The number of aryl methyl sites for hydroxylation is 3. The number of hydrogen-bond acceptors (Lipinski definition) is 6. The van der Waals surface area contributed by atoms with Crippen LogP contribution in [0, 0.1) is 20.8 Å². The number of benzene rings is 2. The average Bonchev–Trinajstić information content (AvgIpc) is 3.01. The molecule has 0 atom stereocenters. The van der Waals surface area contributed by atoms with Crippen LogP contribution in [0.2, 0.25) is 0 Å². The molecule has 0 aliphatic rings. The molecule has 28 heavy (non-hydrogen) atoms. The van der Waals surface area contributed by atoms with Crippen molar-refractivity contribution in [2.75, 3.05) is 16.9 Å². The Morgan fingerprint density at radius 1 is 1.11 bits per heavy atom. The summed E-state index contributed by atoms with van der Waals surface area (Å²) in [6, 6.07) is 13.6. The van der Waals surface area contributed by atoms with Gasteiger partial charge in [-0.25, -0.2) is 4.68 Å². The number of aromatic nitrogens is 3. The molecule has 3 rings (SSSR count). The second-order valence-corrected chi connectivity index (χ2v) is 7.47. The van der Waals surface area contributed by atoms with Crippen molar-refractivity contribution in [1.82, 2.24) is 14.9 Å². The lowest BCUT2D eigenvalue weighted by Crippen LogP contribution is -2.18. The van der Waals surface area contributed by atoms with Crippen molar-refractivity contribution in [3.63, 3.8) is 0 Å². The van der Waals surface area contributed by atoms with Crippen molar-refractivity contribution in [3.8, 4) is 5.75 Å². The fraction of sp³-hybridized carbons (Fsp3) is 0.250. The zero-order chi connectivity index (χ0) is 20.1. The minimum absolute atomic E-state index is 0.134. The summed E-state index contributed by atoms with van der Waals surface area (Å²) in [6.07, 6.45) is 0. The summed E-state index contributed by atoms with van der Waals surface area (Å²) < 4.78 is 7.15. The Morgan fingerprint density at radius 3 is 2.54 bits per heavy atom. The van der Waals surface area contributed by atoms with E-state index in [0.29, 0.717) is 11.0 Å². The van der Waals surface area contributed by atoms with E-state index in [1.807, 2.05) is 57.2 Å². The van der Waals surface area contributed by atoms with E-state index in [1.165, 1.54) is 22.0 Å². The summed E-state index contributed by atoms with van der Waals surface area (Å²) in [4.78, 5) is 12.1. The molecule has 8 heteroatoms. The quantitative estimate of drug-likeness (QED) is 0.469. The van der Waals surface area contributed by atoms with Gasteiger partial charge in [-0.15, -0.1) is 10.2 Å². The van der Waals surface area contributed by atoms with Crippen molar-refractivity contribution in [3.05, 3.63) is 65.0 Å². The number of carbonyl (C=O) groups excluding carboxylic acids is 1. The van der Waals surface area contributed by atoms with Crippen LogP contribution in [-0.2, 0) is 11.4 Å². The van der Waals surface area contributed by atoms with Gasteiger partial charge in [0.05, 0.1) is 5.75 Å². The first-order chi connectivity index (χ1) is 13.4. The third-order valence-corrected chi connectivity index (χ3v) is 5.03. The van der Waals surface area contributed by atoms with Gasteiger partial charge >= 0.3 is 0 Å². The molecular formula is C20H23N5O2S. The van der Waals surface area contributed by atoms with Gasteiger partial charge in [0, 0.05) is 5.69 Å². The first kappa shape index (κ1) is 19.8. The van der Waals surface area contributed by atoms with Crippen molar-refractivity contribution in [2.45, 2.75) is 32.5 Å². The fourth-order valence-corrected chi connectivity index (χ4v) is 3.25. The predicted molar refractivity (Wildman–Crippen MR) is 111 cm³/mol. The highest BCUT2D eigenvalue weighted by Crippen LogP contribution is 2.21. The van der Waals surface area contributed by atoms with Gasteiger partial charge in [0.25, 0.3) is 0 Å². The molecule has 0 aliphatic heterocycles. The number of nitrogens with one attached hydrogen (secondary N) is 1. The molecule has 0 radical (unpaired) electrons. The number of anilines is 1. The van der Waals surface area contributed by atoms with Crippen LogP contribution >= 0.6 is 11.8 Å². The number of nitrogen functional groups attached to an aromatic ring is 1. The van der Waals surface area contributed by atoms with Crippen molar-refractivity contribution >= 4 is 23.4 Å². The van der Waals surface area contributed by atoms with Gasteiger partial charge in [0.1, 0.15) is 12.4 Å². The molecule has 0 spiro atoms. The Morgan fingerprint density at radius 2 is 1.82 bits per heavy atom. The van der Waals surface area contributed by atoms with E-state index in [4.69, 9.17) is 10.6 Å². The lowest BCUT2D eigenvalue weighted by atomic mass is 10.1. The van der Waals surface area contributed by atoms with Crippen LogP contribution in [0.4, 0.5) is 5.69 Å². The molecule has 0 fully saturated rings. The number of nitrogens with zero attached hydrogens (tertiary/aromatic N) is 3. The van der Waals surface area contributed by atoms with E-state index in [9.17, 15) is 4.79 Å². The van der Waals surface area contributed by atoms with Crippen LogP contribution in [0.3, 0.4) is 0 Å². The van der Waals surface area contributed by atoms with E-state index in [2.05, 4.69) is 21.6 Å². The van der Waals surface area contributed by atoms with Gasteiger partial charge < -0.3 is 15.9 Å². The second-order valence-electron chi connectivity index (χ2n) is 6.53. The average molecular weight is 398 g/mol. The number of ether oxygens (including phenoxy) is 1. The van der Waals surface area contributed by atoms with E-state index in [1.54, 1.807) is 0 Å². The summed E-state index contributed by atoms with van der Waals surface area (Å²) in [5.41, 5.74) is 4.12. The molecule has 0 unspecified atom stereocenters. The van der Waals surface area contributed by atoms with Crippen LogP contribution < -0.4 is 15.9 Å². The number of nitrogens with two attached hydrogens (primary N) is 1. The molecule has 1 heterocycles. The highest BCUT2D eigenvalue weighted by Gasteiger charge is 2.13. The number of thioether (sulfide) groups is 1. The molecule has 3 N–H and O–H groups in total. The van der Waals surface area contributed by atoms with Crippen molar-refractivity contribution in [1.29, 1.82) is 0 Å². The Balaban J connectivity index is 1.54. The third-order valence-electron chi connectivity index (χ3n) is 4.09. The first-order valence-corrected chi connectivity index (χ1v) is 9.79. The van der Waals surface area contributed by atoms with Gasteiger partial charge in [0.2, 0.25) is 11.1 Å². The molecule has 2 aromatic carbocycles. The van der Waals surface area contributed by atoms with Gasteiger partial charge in [-0.2, -0.15) is 0 Å². The van der Waals surface area contributed by atoms with E-state index in [-0.39, 0.29) is 18.3 Å². The zero-order valence-electron chi connectivity index (χ0n) is 16.1. The normalized spacial score (nSPS) is 10.7. The lowest BCUT2D eigenvalue weighted by molar-refractivity contribution is -0.113. The molecule has 0 saturated carbocycles. The molecule has 146 valence electrons. The van der Waals surface area contributed by atoms with Crippen LogP contribution in [0.15, 0.2) is 47.6 Å². The molecule has 1 amide bonds. The molecule has 7 nitrogen and oxygen atoms in total. The maximum Gasteiger partial charge on any atom is 0.234 e. The fourth-order valence-electron chi connectivity index (χ4n) is 2.57. The maximum absolute atomic E-state index is 12.1. The summed E-state index contributed by atoms with van der Waals surface area (Å²) in [7, 11) is 0. The maximum atomic E-state index is 12.1. The van der Waals surface area contributed by atoms with Crippen LogP contribution in [0.25, 0.3) is 0 Å². The van der Waals surface area contributed by atoms with Crippen molar-refractivity contribution in [2.24, 2.45) is 0 Å². The summed E-state index contributed by atoms with van der Waals surface area (Å²) in [5, 5.41) is 11.4. The molecule has 3 aromatic rings. The van der Waals surface area contributed by atoms with Gasteiger partial charge in [-0.3, -0.25) is 4.79 Å². The SMILES string of the molecule is Cc1ccc(NC(=O)CSc2nnc(COc3ccc(C)cc3C)n2N)cc1. The number of hydrogen-bond donors (Lipinski definition) is 2. The van der Waals surface area contributed by atoms with Crippen LogP contribution in [0.1, 0.15) is 22.5 Å². The Labute approximate surface area is 168 Å². The predicted octanol–water partition coefficient (Wildman–Crippen LogP) is 3.23. The van der Waals surface area contributed by atoms with Crippen LogP contribution in [-0.4, -0.2) is 26.5 Å². The van der Waals surface area contributed by atoms with Gasteiger partial charge in [0.15, 0.2) is 5.82 Å². The molecular weight excluding hydrogens is 374 g/mol. The topological polar surface area (TPSA) is 95.1 Å². The standard InChI is InChI=1S/C20H23N5O2S/c1-13-4-7-16(8-5-13)22-19(26)12-28-20-24-23-18(25(20)21)11-27-17-9-6-14(2)10-15(17)3/h4-10H,11-12,21H2,1-3H3,(H,22,26). The summed E-state index contributed by atoms with van der Waals surface area (Å²) >= 11 is 1.22. The van der Waals surface area contributed by atoms with Crippen molar-refractivity contribution < 1.29 is 9.53 Å². The molecule has 0 saturated heterocycles. The number of rotatable bonds is 7. The highest BCUT2D eigenvalue weighted by molar-refractivity contribution is 7.99. The summed E-state index contributed by atoms with van der Waals surface area (Å²) in [5.74, 6) is 7.36. The number of carbonyl (C=O) groups is 1. The number of amides is 1. The lowest BCUT2D eigenvalue weighted by Gasteiger charge is -2.09. The Hall–Kier alpha value is -3.00. The second kappa shape index (κ2) is 8.79. The van der Waals surface area contributed by atoms with Gasteiger partial charge in [-0.05, 0) is 44.5 Å². The molecule has 0 aliphatic carbocycles. The Kier molecular flexibility index (Phi) is 6.20. The zero-order valence-corrected chi connectivity index (χ0v) is 16.9. The largest absolute Gasteiger partial charge is 0.485 e. The highest BCUT2D eigenvalue weighted by atomic mass is 32.2. The van der Waals surface area contributed by atoms with Gasteiger partial charge in [-0.1, -0.05) is 47.2 Å². The third kappa shape index (κ3) is 5.04. The minimum Gasteiger partial charge on any atom is -0.485 e. The Bertz CT molecular complexity index is 969.